The van der Waals surface area contributed by atoms with Crippen molar-refractivity contribution in [2.75, 3.05) is 19.7 Å². The summed E-state index contributed by atoms with van der Waals surface area (Å²) in [6.07, 6.45) is 1.58. The Hall–Kier alpha value is -1.50. The molecular weight excluding hydrogens is 423 g/mol. The molecule has 31 heavy (non-hydrogen) atoms. The molecule has 2 heterocycles. The van der Waals surface area contributed by atoms with Gasteiger partial charge in [-0.2, -0.15) is 8.42 Å². The van der Waals surface area contributed by atoms with Gasteiger partial charge >= 0.3 is 7.12 Å². The number of nitrogens with zero attached hydrogens (tertiary/aromatic N) is 1. The second-order valence-corrected chi connectivity index (χ2v) is 10.9. The van der Waals surface area contributed by atoms with E-state index < -0.39 is 39.6 Å². The lowest BCUT2D eigenvalue weighted by atomic mass is 9.74. The normalized spacial score (nSPS) is 24.5. The summed E-state index contributed by atoms with van der Waals surface area (Å²) >= 11 is 0. The first-order chi connectivity index (χ1) is 14.3. The van der Waals surface area contributed by atoms with Gasteiger partial charge in [-0.05, 0) is 70.2 Å². The third-order valence-corrected chi connectivity index (χ3v) is 7.82. The molecular formula is C20H31BN2O7S. The fraction of sp³-hybridized carbons (Fsp3) is 0.650. The highest BCUT2D eigenvalue weighted by molar-refractivity contribution is 7.86. The molecule has 0 spiro atoms. The number of benzene rings is 1. The predicted molar refractivity (Wildman–Crippen MR) is 117 cm³/mol. The summed E-state index contributed by atoms with van der Waals surface area (Å²) in [5, 5.41) is 8.31. The van der Waals surface area contributed by atoms with Crippen molar-refractivity contribution in [1.29, 1.82) is 0 Å². The SMILES string of the molecule is CC1(C)OB(c2cc(C(N)=O)ccc2C(CN2CCCC2CO)S(=O)(=O)O)OC1(C)C. The van der Waals surface area contributed by atoms with Gasteiger partial charge in [0.1, 0.15) is 5.25 Å². The molecule has 11 heteroatoms. The summed E-state index contributed by atoms with van der Waals surface area (Å²) in [6, 6.07) is 4.20. The van der Waals surface area contributed by atoms with E-state index in [-0.39, 0.29) is 30.3 Å². The number of aliphatic hydroxyl groups excluding tert-OH is 1. The first-order valence-corrected chi connectivity index (χ1v) is 11.9. The number of carbonyl (C=O) groups is 1. The van der Waals surface area contributed by atoms with E-state index in [1.54, 1.807) is 0 Å². The Bertz CT molecular complexity index is 935. The van der Waals surface area contributed by atoms with Gasteiger partial charge in [-0.1, -0.05) is 6.07 Å². The summed E-state index contributed by atoms with van der Waals surface area (Å²) in [4.78, 5) is 13.7. The van der Waals surface area contributed by atoms with Crippen LogP contribution >= 0.6 is 0 Å². The maximum absolute atomic E-state index is 12.4. The van der Waals surface area contributed by atoms with E-state index in [4.69, 9.17) is 15.0 Å². The minimum atomic E-state index is -4.53. The van der Waals surface area contributed by atoms with Crippen molar-refractivity contribution in [2.45, 2.75) is 63.0 Å². The molecule has 2 unspecified atom stereocenters. The van der Waals surface area contributed by atoms with E-state index in [1.807, 2.05) is 32.6 Å². The first kappa shape index (κ1) is 24.2. The van der Waals surface area contributed by atoms with Crippen LogP contribution < -0.4 is 11.2 Å². The van der Waals surface area contributed by atoms with E-state index in [0.717, 1.165) is 12.8 Å². The molecule has 9 nitrogen and oxygen atoms in total. The van der Waals surface area contributed by atoms with Crippen LogP contribution in [0.15, 0.2) is 18.2 Å². The number of likely N-dealkylation sites (tertiary alicyclic amines) is 1. The molecule has 0 aliphatic carbocycles. The average molecular weight is 454 g/mol. The molecule has 3 rings (SSSR count). The first-order valence-electron chi connectivity index (χ1n) is 10.4. The van der Waals surface area contributed by atoms with Crippen molar-refractivity contribution >= 4 is 28.6 Å². The molecule has 4 N–H and O–H groups in total. The Kier molecular flexibility index (Phi) is 6.59. The minimum Gasteiger partial charge on any atom is -0.399 e. The van der Waals surface area contributed by atoms with Crippen LogP contribution in [0.2, 0.25) is 0 Å². The molecule has 0 aromatic heterocycles. The molecule has 2 aliphatic heterocycles. The number of hydrogen-bond acceptors (Lipinski definition) is 7. The largest absolute Gasteiger partial charge is 0.495 e. The van der Waals surface area contributed by atoms with Crippen LogP contribution in [0.3, 0.4) is 0 Å². The zero-order valence-electron chi connectivity index (χ0n) is 18.4. The minimum absolute atomic E-state index is 0.00746. The molecule has 2 fully saturated rings. The van der Waals surface area contributed by atoms with Crippen LogP contribution in [0.4, 0.5) is 0 Å². The second kappa shape index (κ2) is 8.45. The molecule has 172 valence electrons. The number of amides is 1. The standard InChI is InChI=1S/C20H31BN2O7S/c1-19(2)20(3,4)30-21(29-19)16-10-13(18(22)25)7-8-15(16)17(31(26,27)28)11-23-9-5-6-14(23)12-24/h7-8,10,14,17,24H,5-6,9,11-12H2,1-4H3,(H2,22,25)(H,26,27,28). The third kappa shape index (κ3) is 4.81. The van der Waals surface area contributed by atoms with Gasteiger partial charge in [-0.25, -0.2) is 0 Å². The van der Waals surface area contributed by atoms with Crippen molar-refractivity contribution in [3.8, 4) is 0 Å². The number of nitrogens with two attached hydrogens (primary N) is 1. The van der Waals surface area contributed by atoms with Crippen molar-refractivity contribution < 1.29 is 32.2 Å². The number of primary amides is 1. The summed E-state index contributed by atoms with van der Waals surface area (Å²) in [6.45, 7) is 7.96. The number of aliphatic hydroxyl groups is 1. The summed E-state index contributed by atoms with van der Waals surface area (Å²) in [5.74, 6) is -0.674. The Morgan fingerprint density at radius 3 is 2.42 bits per heavy atom. The van der Waals surface area contributed by atoms with Crippen LogP contribution in [0.5, 0.6) is 0 Å². The number of carbonyl (C=O) groups excluding carboxylic acids is 1. The van der Waals surface area contributed by atoms with Gasteiger partial charge < -0.3 is 20.1 Å². The molecule has 0 saturated carbocycles. The molecule has 1 amide bonds. The lowest BCUT2D eigenvalue weighted by Crippen LogP contribution is -2.43. The fourth-order valence-electron chi connectivity index (χ4n) is 4.10. The fourth-order valence-corrected chi connectivity index (χ4v) is 5.02. The topological polar surface area (TPSA) is 139 Å². The maximum atomic E-state index is 12.4. The van der Waals surface area contributed by atoms with Crippen LogP contribution in [-0.2, 0) is 19.4 Å². The average Bonchev–Trinajstić information content (AvgIpc) is 3.19. The van der Waals surface area contributed by atoms with Gasteiger partial charge in [-0.3, -0.25) is 14.2 Å². The quantitative estimate of drug-likeness (QED) is 0.399. The lowest BCUT2D eigenvalue weighted by molar-refractivity contribution is 0.00578. The van der Waals surface area contributed by atoms with Gasteiger partial charge in [0.05, 0.1) is 17.8 Å². The summed E-state index contributed by atoms with van der Waals surface area (Å²) in [7, 11) is -5.48. The molecule has 2 saturated heterocycles. The second-order valence-electron chi connectivity index (χ2n) is 9.27. The zero-order valence-corrected chi connectivity index (χ0v) is 19.2. The van der Waals surface area contributed by atoms with Gasteiger partial charge in [0, 0.05) is 18.2 Å². The Morgan fingerprint density at radius 1 is 1.29 bits per heavy atom. The number of rotatable bonds is 7. The monoisotopic (exact) mass is 454 g/mol. The summed E-state index contributed by atoms with van der Waals surface area (Å²) < 4.78 is 47.2. The van der Waals surface area contributed by atoms with E-state index >= 15 is 0 Å². The van der Waals surface area contributed by atoms with E-state index in [0.29, 0.717) is 12.0 Å². The van der Waals surface area contributed by atoms with Crippen molar-refractivity contribution in [3.05, 3.63) is 29.3 Å². The maximum Gasteiger partial charge on any atom is 0.495 e. The van der Waals surface area contributed by atoms with Gasteiger partial charge in [0.2, 0.25) is 5.91 Å². The molecule has 0 radical (unpaired) electrons. The van der Waals surface area contributed by atoms with Crippen LogP contribution in [-0.4, -0.2) is 72.9 Å². The van der Waals surface area contributed by atoms with Crippen LogP contribution in [0.25, 0.3) is 0 Å². The van der Waals surface area contributed by atoms with E-state index in [2.05, 4.69) is 0 Å². The molecule has 1 aromatic rings. The Balaban J connectivity index is 2.08. The van der Waals surface area contributed by atoms with Crippen molar-refractivity contribution in [2.24, 2.45) is 5.73 Å². The molecule has 2 atom stereocenters. The Morgan fingerprint density at radius 2 is 1.90 bits per heavy atom. The van der Waals surface area contributed by atoms with Crippen molar-refractivity contribution in [1.82, 2.24) is 4.90 Å². The van der Waals surface area contributed by atoms with Crippen LogP contribution in [0, 0.1) is 0 Å². The van der Waals surface area contributed by atoms with Crippen molar-refractivity contribution in [3.63, 3.8) is 0 Å². The number of hydrogen-bond donors (Lipinski definition) is 3. The van der Waals surface area contributed by atoms with E-state index in [1.165, 1.54) is 18.2 Å². The third-order valence-electron chi connectivity index (χ3n) is 6.70. The molecule has 0 bridgehead atoms. The van der Waals surface area contributed by atoms with Crippen LogP contribution in [0.1, 0.15) is 61.7 Å². The van der Waals surface area contributed by atoms with E-state index in [9.17, 15) is 22.9 Å². The molecule has 2 aliphatic rings. The van der Waals surface area contributed by atoms with Gasteiger partial charge in [0.15, 0.2) is 0 Å². The predicted octanol–water partition coefficient (Wildman–Crippen LogP) is 0.470. The van der Waals surface area contributed by atoms with Gasteiger partial charge in [0.25, 0.3) is 10.1 Å². The summed E-state index contributed by atoms with van der Waals surface area (Å²) in [5.41, 5.74) is 4.84. The highest BCUT2D eigenvalue weighted by Crippen LogP contribution is 2.37. The highest BCUT2D eigenvalue weighted by Gasteiger charge is 2.53. The molecule has 1 aromatic carbocycles. The smallest absolute Gasteiger partial charge is 0.399 e. The van der Waals surface area contributed by atoms with Gasteiger partial charge in [-0.15, -0.1) is 0 Å². The Labute approximate surface area is 183 Å². The zero-order chi connectivity index (χ0) is 23.2. The highest BCUT2D eigenvalue weighted by atomic mass is 32.2. The lowest BCUT2D eigenvalue weighted by Gasteiger charge is -2.32.